The molecule has 0 fully saturated rings. The molecule has 0 amide bonds. The van der Waals surface area contributed by atoms with Gasteiger partial charge in [-0.15, -0.1) is 12.4 Å². The Morgan fingerprint density at radius 3 is 2.38 bits per heavy atom. The third-order valence-corrected chi connectivity index (χ3v) is 2.72. The summed E-state index contributed by atoms with van der Waals surface area (Å²) in [6.45, 7) is 5.12. The van der Waals surface area contributed by atoms with E-state index in [0.29, 0.717) is 5.92 Å². The van der Waals surface area contributed by atoms with Crippen LogP contribution in [0.15, 0.2) is 24.3 Å². The molecule has 1 rings (SSSR count). The van der Waals surface area contributed by atoms with Crippen LogP contribution in [0.25, 0.3) is 0 Å². The molecule has 0 aliphatic carbocycles. The zero-order valence-corrected chi connectivity index (χ0v) is 11.0. The molecular formula is C13H23ClN2. The van der Waals surface area contributed by atoms with Gasteiger partial charge in [0.2, 0.25) is 0 Å². The van der Waals surface area contributed by atoms with Gasteiger partial charge >= 0.3 is 0 Å². The topological polar surface area (TPSA) is 52.0 Å². The minimum Gasteiger partial charge on any atom is -0.330 e. The Balaban J connectivity index is 0.00000225. The van der Waals surface area contributed by atoms with Crippen molar-refractivity contribution in [2.45, 2.75) is 38.6 Å². The first kappa shape index (κ1) is 15.4. The summed E-state index contributed by atoms with van der Waals surface area (Å²) in [5.41, 5.74) is 14.2. The monoisotopic (exact) mass is 242 g/mol. The number of hydrogen-bond acceptors (Lipinski definition) is 2. The maximum Gasteiger partial charge on any atom is 0.0295 e. The van der Waals surface area contributed by atoms with Gasteiger partial charge in [-0.3, -0.25) is 0 Å². The fourth-order valence-electron chi connectivity index (χ4n) is 1.65. The third-order valence-electron chi connectivity index (χ3n) is 2.72. The quantitative estimate of drug-likeness (QED) is 0.834. The second-order valence-electron chi connectivity index (χ2n) is 4.36. The van der Waals surface area contributed by atoms with Gasteiger partial charge in [-0.05, 0) is 36.4 Å². The van der Waals surface area contributed by atoms with Gasteiger partial charge in [-0.1, -0.05) is 38.1 Å². The molecule has 2 nitrogen and oxygen atoms in total. The standard InChI is InChI=1S/C13H22N2.ClH/c1-10(2)11-5-3-6-12(9-11)13(15)7-4-8-14;/h3,5-6,9-10,13H,4,7-8,14-15H2,1-2H3;1H/t13-;/m0./s1. The lowest BCUT2D eigenvalue weighted by molar-refractivity contribution is 0.617. The molecule has 1 aromatic carbocycles. The van der Waals surface area contributed by atoms with Crippen LogP contribution in [-0.2, 0) is 0 Å². The molecule has 92 valence electrons. The summed E-state index contributed by atoms with van der Waals surface area (Å²) >= 11 is 0. The van der Waals surface area contributed by atoms with Crippen LogP contribution in [-0.4, -0.2) is 6.54 Å². The highest BCUT2D eigenvalue weighted by atomic mass is 35.5. The van der Waals surface area contributed by atoms with E-state index >= 15 is 0 Å². The first-order valence-electron chi connectivity index (χ1n) is 5.70. The predicted molar refractivity (Wildman–Crippen MR) is 73.0 cm³/mol. The van der Waals surface area contributed by atoms with E-state index in [2.05, 4.69) is 38.1 Å². The van der Waals surface area contributed by atoms with Crippen LogP contribution in [0.1, 0.15) is 49.8 Å². The normalized spacial score (nSPS) is 12.3. The summed E-state index contributed by atoms with van der Waals surface area (Å²) in [6.07, 6.45) is 1.96. The molecule has 1 atom stereocenters. The first-order valence-corrected chi connectivity index (χ1v) is 5.70. The number of hydrogen-bond donors (Lipinski definition) is 2. The van der Waals surface area contributed by atoms with E-state index in [9.17, 15) is 0 Å². The Morgan fingerprint density at radius 1 is 1.19 bits per heavy atom. The minimum absolute atomic E-state index is 0. The van der Waals surface area contributed by atoms with Crippen LogP contribution in [0.5, 0.6) is 0 Å². The molecule has 0 spiro atoms. The number of halogens is 1. The van der Waals surface area contributed by atoms with E-state index in [1.54, 1.807) is 0 Å². The van der Waals surface area contributed by atoms with E-state index in [1.165, 1.54) is 11.1 Å². The fraction of sp³-hybridized carbons (Fsp3) is 0.538. The zero-order chi connectivity index (χ0) is 11.3. The maximum absolute atomic E-state index is 6.09. The van der Waals surface area contributed by atoms with Gasteiger partial charge in [0.05, 0.1) is 0 Å². The van der Waals surface area contributed by atoms with Crippen molar-refractivity contribution in [3.8, 4) is 0 Å². The average molecular weight is 243 g/mol. The number of nitrogens with two attached hydrogens (primary N) is 2. The molecule has 0 unspecified atom stereocenters. The highest BCUT2D eigenvalue weighted by Gasteiger charge is 2.07. The SMILES string of the molecule is CC(C)c1cccc([C@@H](N)CCCN)c1.Cl. The first-order chi connectivity index (χ1) is 7.15. The summed E-state index contributed by atoms with van der Waals surface area (Å²) in [5, 5.41) is 0. The van der Waals surface area contributed by atoms with E-state index in [4.69, 9.17) is 11.5 Å². The molecule has 4 N–H and O–H groups in total. The molecule has 16 heavy (non-hydrogen) atoms. The summed E-state index contributed by atoms with van der Waals surface area (Å²) in [5.74, 6) is 0.562. The molecule has 0 aliphatic heterocycles. The van der Waals surface area contributed by atoms with Gasteiger partial charge in [0.1, 0.15) is 0 Å². The van der Waals surface area contributed by atoms with Gasteiger partial charge in [-0.2, -0.15) is 0 Å². The van der Waals surface area contributed by atoms with Crippen LogP contribution in [0.2, 0.25) is 0 Å². The molecule has 0 heterocycles. The highest BCUT2D eigenvalue weighted by Crippen LogP contribution is 2.21. The zero-order valence-electron chi connectivity index (χ0n) is 10.1. The Bertz CT molecular complexity index is 300. The molecular weight excluding hydrogens is 220 g/mol. The molecule has 0 radical (unpaired) electrons. The minimum atomic E-state index is 0. The second kappa shape index (κ2) is 7.66. The van der Waals surface area contributed by atoms with E-state index in [0.717, 1.165) is 19.4 Å². The van der Waals surface area contributed by atoms with Crippen molar-refractivity contribution < 1.29 is 0 Å². The average Bonchev–Trinajstić information content (AvgIpc) is 2.26. The van der Waals surface area contributed by atoms with Crippen molar-refractivity contribution in [2.24, 2.45) is 11.5 Å². The van der Waals surface area contributed by atoms with Crippen LogP contribution in [0.3, 0.4) is 0 Å². The molecule has 0 aliphatic rings. The van der Waals surface area contributed by atoms with Gasteiger partial charge < -0.3 is 11.5 Å². The number of benzene rings is 1. The maximum atomic E-state index is 6.09. The number of rotatable bonds is 5. The molecule has 1 aromatic rings. The van der Waals surface area contributed by atoms with Crippen LogP contribution < -0.4 is 11.5 Å². The molecule has 3 heteroatoms. The Morgan fingerprint density at radius 2 is 1.81 bits per heavy atom. The van der Waals surface area contributed by atoms with Crippen molar-refractivity contribution >= 4 is 12.4 Å². The van der Waals surface area contributed by atoms with E-state index < -0.39 is 0 Å². The predicted octanol–water partition coefficient (Wildman–Crippen LogP) is 2.97. The Hall–Kier alpha value is -0.570. The Kier molecular flexibility index (Phi) is 7.39. The van der Waals surface area contributed by atoms with Crippen molar-refractivity contribution in [2.75, 3.05) is 6.54 Å². The molecule has 0 bridgehead atoms. The van der Waals surface area contributed by atoms with Crippen molar-refractivity contribution in [1.82, 2.24) is 0 Å². The lowest BCUT2D eigenvalue weighted by atomic mass is 9.96. The van der Waals surface area contributed by atoms with Gasteiger partial charge in [0.25, 0.3) is 0 Å². The smallest absolute Gasteiger partial charge is 0.0295 e. The summed E-state index contributed by atoms with van der Waals surface area (Å²) in [7, 11) is 0. The van der Waals surface area contributed by atoms with Gasteiger partial charge in [0.15, 0.2) is 0 Å². The second-order valence-corrected chi connectivity index (χ2v) is 4.36. The van der Waals surface area contributed by atoms with Crippen LogP contribution >= 0.6 is 12.4 Å². The highest BCUT2D eigenvalue weighted by molar-refractivity contribution is 5.85. The van der Waals surface area contributed by atoms with E-state index in [1.807, 2.05) is 0 Å². The summed E-state index contributed by atoms with van der Waals surface area (Å²) in [6, 6.07) is 8.70. The van der Waals surface area contributed by atoms with Crippen molar-refractivity contribution in [3.05, 3.63) is 35.4 Å². The lowest BCUT2D eigenvalue weighted by Gasteiger charge is -2.14. The Labute approximate surface area is 105 Å². The van der Waals surface area contributed by atoms with Crippen molar-refractivity contribution in [1.29, 1.82) is 0 Å². The molecule has 0 aromatic heterocycles. The summed E-state index contributed by atoms with van der Waals surface area (Å²) in [4.78, 5) is 0. The van der Waals surface area contributed by atoms with Gasteiger partial charge in [-0.25, -0.2) is 0 Å². The summed E-state index contributed by atoms with van der Waals surface area (Å²) < 4.78 is 0. The largest absolute Gasteiger partial charge is 0.330 e. The van der Waals surface area contributed by atoms with Crippen molar-refractivity contribution in [3.63, 3.8) is 0 Å². The fourth-order valence-corrected chi connectivity index (χ4v) is 1.65. The molecule has 0 saturated heterocycles. The van der Waals surface area contributed by atoms with Gasteiger partial charge in [0, 0.05) is 6.04 Å². The van der Waals surface area contributed by atoms with Crippen LogP contribution in [0.4, 0.5) is 0 Å². The van der Waals surface area contributed by atoms with Crippen LogP contribution in [0, 0.1) is 0 Å². The third kappa shape index (κ3) is 4.52. The molecule has 0 saturated carbocycles. The lowest BCUT2D eigenvalue weighted by Crippen LogP contribution is -2.12. The van der Waals surface area contributed by atoms with E-state index in [-0.39, 0.29) is 18.4 Å².